The molecular weight excluding hydrogens is 332 g/mol. The predicted molar refractivity (Wildman–Crippen MR) is 104 cm³/mol. The molecule has 0 fully saturated rings. The van der Waals surface area contributed by atoms with Crippen LogP contribution >= 0.6 is 0 Å². The molecule has 26 heavy (non-hydrogen) atoms. The van der Waals surface area contributed by atoms with Gasteiger partial charge in [-0.2, -0.15) is 0 Å². The van der Waals surface area contributed by atoms with Crippen molar-refractivity contribution in [3.63, 3.8) is 0 Å². The molecule has 0 rings (SSSR count). The summed E-state index contributed by atoms with van der Waals surface area (Å²) in [6.45, 7) is 2.22. The third kappa shape index (κ3) is 13.2. The van der Waals surface area contributed by atoms with Crippen LogP contribution in [0.5, 0.6) is 0 Å². The van der Waals surface area contributed by atoms with E-state index in [9.17, 15) is 9.59 Å². The molecule has 0 aromatic carbocycles. The van der Waals surface area contributed by atoms with Gasteiger partial charge in [0, 0.05) is 7.11 Å². The third-order valence-electron chi connectivity index (χ3n) is 5.02. The molecule has 0 heterocycles. The zero-order valence-corrected chi connectivity index (χ0v) is 17.1. The van der Waals surface area contributed by atoms with E-state index in [4.69, 9.17) is 9.84 Å². The zero-order chi connectivity index (χ0) is 19.6. The fourth-order valence-corrected chi connectivity index (χ4v) is 3.25. The fourth-order valence-electron chi connectivity index (χ4n) is 3.25. The van der Waals surface area contributed by atoms with Crippen LogP contribution in [0.15, 0.2) is 0 Å². The molecule has 1 N–H and O–H groups in total. The van der Waals surface area contributed by atoms with E-state index in [0.717, 1.165) is 19.3 Å². The highest BCUT2D eigenvalue weighted by Gasteiger charge is 2.26. The molecule has 5 heteroatoms. The normalized spacial score (nSPS) is 13.3. The van der Waals surface area contributed by atoms with Gasteiger partial charge in [-0.05, 0) is 19.3 Å². The molecule has 0 aliphatic rings. The van der Waals surface area contributed by atoms with Crippen molar-refractivity contribution < 1.29 is 24.2 Å². The number of rotatable bonds is 18. The SMILES string of the molecule is CCCCC(CCCCCCCCCCCC(C(=O)O)C(=O)OC)OC. The van der Waals surface area contributed by atoms with Crippen molar-refractivity contribution in [2.75, 3.05) is 14.2 Å². The van der Waals surface area contributed by atoms with Crippen LogP contribution < -0.4 is 0 Å². The van der Waals surface area contributed by atoms with Crippen molar-refractivity contribution in [1.82, 2.24) is 0 Å². The molecule has 0 spiro atoms. The van der Waals surface area contributed by atoms with Crippen molar-refractivity contribution in [2.45, 2.75) is 103 Å². The molecule has 154 valence electrons. The number of esters is 1. The van der Waals surface area contributed by atoms with Crippen LogP contribution in [0.3, 0.4) is 0 Å². The second kappa shape index (κ2) is 17.3. The summed E-state index contributed by atoms with van der Waals surface area (Å²) < 4.78 is 10.1. The van der Waals surface area contributed by atoms with Crippen LogP contribution in [0.4, 0.5) is 0 Å². The van der Waals surface area contributed by atoms with Gasteiger partial charge in [0.15, 0.2) is 5.92 Å². The van der Waals surface area contributed by atoms with Crippen molar-refractivity contribution in [3.8, 4) is 0 Å². The first-order valence-corrected chi connectivity index (χ1v) is 10.4. The number of methoxy groups -OCH3 is 2. The maximum absolute atomic E-state index is 11.3. The summed E-state index contributed by atoms with van der Waals surface area (Å²) in [6.07, 6.45) is 16.0. The van der Waals surface area contributed by atoms with E-state index in [1.807, 2.05) is 7.11 Å². The number of carboxylic acid groups (broad SMARTS) is 1. The van der Waals surface area contributed by atoms with Crippen LogP contribution in [0.1, 0.15) is 96.8 Å². The summed E-state index contributed by atoms with van der Waals surface area (Å²) in [6, 6.07) is 0. The van der Waals surface area contributed by atoms with E-state index in [-0.39, 0.29) is 0 Å². The van der Waals surface area contributed by atoms with Gasteiger partial charge in [-0.15, -0.1) is 0 Å². The van der Waals surface area contributed by atoms with Gasteiger partial charge in [-0.1, -0.05) is 77.6 Å². The smallest absolute Gasteiger partial charge is 0.320 e. The Balaban J connectivity index is 3.48. The van der Waals surface area contributed by atoms with Gasteiger partial charge in [0.25, 0.3) is 0 Å². The van der Waals surface area contributed by atoms with Crippen LogP contribution in [0.2, 0.25) is 0 Å². The lowest BCUT2D eigenvalue weighted by molar-refractivity contribution is -0.157. The van der Waals surface area contributed by atoms with Gasteiger partial charge in [0.1, 0.15) is 0 Å². The molecule has 0 amide bonds. The number of carboxylic acids is 1. The lowest BCUT2D eigenvalue weighted by Crippen LogP contribution is -2.24. The van der Waals surface area contributed by atoms with E-state index in [2.05, 4.69) is 11.7 Å². The first kappa shape index (κ1) is 24.9. The zero-order valence-electron chi connectivity index (χ0n) is 17.1. The lowest BCUT2D eigenvalue weighted by atomic mass is 9.99. The minimum Gasteiger partial charge on any atom is -0.481 e. The van der Waals surface area contributed by atoms with Gasteiger partial charge in [-0.3, -0.25) is 9.59 Å². The number of carbonyl (C=O) groups is 2. The van der Waals surface area contributed by atoms with Crippen LogP contribution in [0.25, 0.3) is 0 Å². The minimum absolute atomic E-state index is 0.376. The Morgan fingerprint density at radius 3 is 1.65 bits per heavy atom. The summed E-state index contributed by atoms with van der Waals surface area (Å²) >= 11 is 0. The van der Waals surface area contributed by atoms with E-state index in [1.54, 1.807) is 0 Å². The Labute approximate surface area is 159 Å². The number of hydrogen-bond acceptors (Lipinski definition) is 4. The molecule has 0 aliphatic heterocycles. The third-order valence-corrected chi connectivity index (χ3v) is 5.02. The van der Waals surface area contributed by atoms with Crippen molar-refractivity contribution in [3.05, 3.63) is 0 Å². The average molecular weight is 373 g/mol. The molecule has 0 bridgehead atoms. The number of carbonyl (C=O) groups excluding carboxylic acids is 1. The van der Waals surface area contributed by atoms with E-state index in [1.165, 1.54) is 71.3 Å². The second-order valence-corrected chi connectivity index (χ2v) is 7.17. The Bertz CT molecular complexity index is 356. The highest BCUT2D eigenvalue weighted by Crippen LogP contribution is 2.16. The predicted octanol–water partition coefficient (Wildman–Crippen LogP) is 5.36. The van der Waals surface area contributed by atoms with Crippen molar-refractivity contribution in [1.29, 1.82) is 0 Å². The molecular formula is C21H40O5. The van der Waals surface area contributed by atoms with Gasteiger partial charge < -0.3 is 14.6 Å². The number of ether oxygens (including phenoxy) is 2. The first-order chi connectivity index (χ1) is 12.6. The van der Waals surface area contributed by atoms with Crippen molar-refractivity contribution in [2.24, 2.45) is 5.92 Å². The summed E-state index contributed by atoms with van der Waals surface area (Å²) in [5.74, 6) is -2.72. The number of aliphatic carboxylic acids is 1. The average Bonchev–Trinajstić information content (AvgIpc) is 2.64. The fraction of sp³-hybridized carbons (Fsp3) is 0.905. The Morgan fingerprint density at radius 1 is 0.769 bits per heavy atom. The maximum atomic E-state index is 11.3. The largest absolute Gasteiger partial charge is 0.481 e. The standard InChI is InChI=1S/C21H40O5/c1-4-5-15-18(25-2)16-13-11-9-7-6-8-10-12-14-17-19(20(22)23)21(24)26-3/h18-19H,4-17H2,1-3H3,(H,22,23). The molecule has 5 nitrogen and oxygen atoms in total. The quantitative estimate of drug-likeness (QED) is 0.199. The molecule has 0 aliphatic carbocycles. The summed E-state index contributed by atoms with van der Waals surface area (Å²) in [7, 11) is 3.06. The number of hydrogen-bond donors (Lipinski definition) is 1. The Kier molecular flexibility index (Phi) is 16.6. The molecule has 0 radical (unpaired) electrons. The minimum atomic E-state index is -1.08. The molecule has 0 saturated heterocycles. The number of unbranched alkanes of at least 4 members (excludes halogenated alkanes) is 9. The van der Waals surface area contributed by atoms with Crippen LogP contribution in [-0.4, -0.2) is 37.4 Å². The maximum Gasteiger partial charge on any atom is 0.320 e. The summed E-state index contributed by atoms with van der Waals surface area (Å²) in [4.78, 5) is 22.3. The molecule has 2 unspecified atom stereocenters. The second-order valence-electron chi connectivity index (χ2n) is 7.17. The Hall–Kier alpha value is -1.10. The molecule has 0 saturated carbocycles. The highest BCUT2D eigenvalue weighted by molar-refractivity contribution is 5.93. The summed E-state index contributed by atoms with van der Waals surface area (Å²) in [5, 5.41) is 9.00. The van der Waals surface area contributed by atoms with Gasteiger partial charge in [0.2, 0.25) is 0 Å². The first-order valence-electron chi connectivity index (χ1n) is 10.4. The van der Waals surface area contributed by atoms with Gasteiger partial charge >= 0.3 is 11.9 Å². The lowest BCUT2D eigenvalue weighted by Gasteiger charge is -2.14. The van der Waals surface area contributed by atoms with Crippen molar-refractivity contribution >= 4 is 11.9 Å². The van der Waals surface area contributed by atoms with Gasteiger partial charge in [0.05, 0.1) is 13.2 Å². The van der Waals surface area contributed by atoms with Gasteiger partial charge in [-0.25, -0.2) is 0 Å². The van der Waals surface area contributed by atoms with E-state index >= 15 is 0 Å². The highest BCUT2D eigenvalue weighted by atomic mass is 16.5. The Morgan fingerprint density at radius 2 is 1.23 bits per heavy atom. The molecule has 0 aromatic rings. The molecule has 2 atom stereocenters. The van der Waals surface area contributed by atoms with Crippen LogP contribution in [0, 0.1) is 5.92 Å². The van der Waals surface area contributed by atoms with E-state index in [0.29, 0.717) is 12.5 Å². The molecule has 0 aromatic heterocycles. The van der Waals surface area contributed by atoms with Crippen LogP contribution in [-0.2, 0) is 19.1 Å². The topological polar surface area (TPSA) is 72.8 Å². The van der Waals surface area contributed by atoms with E-state index < -0.39 is 17.9 Å². The summed E-state index contributed by atoms with van der Waals surface area (Å²) in [5.41, 5.74) is 0. The monoisotopic (exact) mass is 372 g/mol.